The predicted octanol–water partition coefficient (Wildman–Crippen LogP) is 4.22. The van der Waals surface area contributed by atoms with Gasteiger partial charge in [0.25, 0.3) is 5.91 Å². The second-order valence-electron chi connectivity index (χ2n) is 8.87. The molecule has 1 aliphatic carbocycles. The van der Waals surface area contributed by atoms with Gasteiger partial charge in [0, 0.05) is 11.5 Å². The average Bonchev–Trinajstić information content (AvgIpc) is 2.90. The largest absolute Gasteiger partial charge is 0.368 e. The van der Waals surface area contributed by atoms with Crippen molar-refractivity contribution in [2.75, 3.05) is 11.9 Å². The van der Waals surface area contributed by atoms with Crippen LogP contribution in [0.2, 0.25) is 0 Å². The minimum atomic E-state index is -0.198. The highest BCUT2D eigenvalue weighted by molar-refractivity contribution is 5.91. The van der Waals surface area contributed by atoms with E-state index in [9.17, 15) is 4.79 Å². The van der Waals surface area contributed by atoms with Crippen molar-refractivity contribution in [2.24, 2.45) is 0 Å². The summed E-state index contributed by atoms with van der Waals surface area (Å²) in [5, 5.41) is 7.70. The van der Waals surface area contributed by atoms with Crippen LogP contribution in [-0.2, 0) is 20.5 Å². The van der Waals surface area contributed by atoms with Crippen molar-refractivity contribution in [2.45, 2.75) is 90.7 Å². The van der Waals surface area contributed by atoms with Crippen LogP contribution < -0.4 is 5.32 Å². The number of aromatic nitrogens is 2. The number of ether oxygens (including phenoxy) is 1. The van der Waals surface area contributed by atoms with Crippen molar-refractivity contribution in [1.82, 2.24) is 9.78 Å². The van der Waals surface area contributed by atoms with Gasteiger partial charge >= 0.3 is 0 Å². The van der Waals surface area contributed by atoms with Gasteiger partial charge in [-0.25, -0.2) is 4.68 Å². The summed E-state index contributed by atoms with van der Waals surface area (Å²) >= 11 is 0. The molecule has 1 N–H and O–H groups in total. The lowest BCUT2D eigenvalue weighted by Crippen LogP contribution is -2.29. The van der Waals surface area contributed by atoms with Gasteiger partial charge < -0.3 is 10.1 Å². The van der Waals surface area contributed by atoms with E-state index in [4.69, 9.17) is 9.84 Å². The van der Waals surface area contributed by atoms with Gasteiger partial charge in [-0.1, -0.05) is 40.0 Å². The molecule has 0 spiro atoms. The first-order valence-corrected chi connectivity index (χ1v) is 9.10. The molecule has 5 nitrogen and oxygen atoms in total. The van der Waals surface area contributed by atoms with E-state index in [0.717, 1.165) is 24.4 Å². The third kappa shape index (κ3) is 5.07. The average molecular weight is 335 g/mol. The van der Waals surface area contributed by atoms with Gasteiger partial charge in [-0.05, 0) is 33.6 Å². The molecule has 0 saturated heterocycles. The van der Waals surface area contributed by atoms with Crippen LogP contribution in [-0.4, -0.2) is 28.4 Å². The summed E-state index contributed by atoms with van der Waals surface area (Å²) in [6, 6.07) is 1.98. The summed E-state index contributed by atoms with van der Waals surface area (Å²) < 4.78 is 7.67. The zero-order valence-corrected chi connectivity index (χ0v) is 16.1. The Hall–Kier alpha value is -1.36. The summed E-state index contributed by atoms with van der Waals surface area (Å²) in [6.07, 6.45) is 6.08. The minimum absolute atomic E-state index is 0.0609. The fraction of sp³-hybridized carbons (Fsp3) is 0.789. The van der Waals surface area contributed by atoms with Crippen molar-refractivity contribution in [3.8, 4) is 0 Å². The quantitative estimate of drug-likeness (QED) is 0.896. The van der Waals surface area contributed by atoms with Crippen LogP contribution in [0.25, 0.3) is 0 Å². The van der Waals surface area contributed by atoms with Gasteiger partial charge in [0.05, 0.1) is 17.3 Å². The molecule has 1 fully saturated rings. The number of anilines is 1. The monoisotopic (exact) mass is 335 g/mol. The number of hydrogen-bond acceptors (Lipinski definition) is 3. The zero-order valence-electron chi connectivity index (χ0n) is 16.1. The standard InChI is InChI=1S/C19H33N3O2/c1-18(2,3)15-12-16(22(21-15)19(4,5)6)20-17(23)13-24-14-10-8-7-9-11-14/h12,14H,7-11,13H2,1-6H3,(H,20,23). The smallest absolute Gasteiger partial charge is 0.251 e. The third-order valence-corrected chi connectivity index (χ3v) is 4.38. The second-order valence-corrected chi connectivity index (χ2v) is 8.87. The van der Waals surface area contributed by atoms with Crippen LogP contribution in [0, 0.1) is 0 Å². The molecule has 0 radical (unpaired) electrons. The minimum Gasteiger partial charge on any atom is -0.368 e. The summed E-state index contributed by atoms with van der Waals surface area (Å²) in [4.78, 5) is 12.3. The van der Waals surface area contributed by atoms with Crippen LogP contribution in [0.5, 0.6) is 0 Å². The number of rotatable bonds is 4. The van der Waals surface area contributed by atoms with Gasteiger partial charge in [0.15, 0.2) is 0 Å². The summed E-state index contributed by atoms with van der Waals surface area (Å²) in [5.74, 6) is 0.635. The lowest BCUT2D eigenvalue weighted by molar-refractivity contribution is -0.123. The molecule has 2 rings (SSSR count). The number of carbonyl (C=O) groups excluding carboxylic acids is 1. The molecule has 1 aliphatic rings. The molecule has 1 aromatic rings. The van der Waals surface area contributed by atoms with E-state index in [2.05, 4.69) is 46.9 Å². The maximum Gasteiger partial charge on any atom is 0.251 e. The Morgan fingerprint density at radius 3 is 2.38 bits per heavy atom. The van der Waals surface area contributed by atoms with Crippen LogP contribution in [0.1, 0.15) is 79.3 Å². The van der Waals surface area contributed by atoms with E-state index in [1.165, 1.54) is 19.3 Å². The second kappa shape index (κ2) is 7.26. The van der Waals surface area contributed by atoms with E-state index >= 15 is 0 Å². The number of hydrogen-bond donors (Lipinski definition) is 1. The maximum absolute atomic E-state index is 12.3. The lowest BCUT2D eigenvalue weighted by Gasteiger charge is -2.24. The molecule has 0 unspecified atom stereocenters. The molecule has 24 heavy (non-hydrogen) atoms. The molecule has 136 valence electrons. The maximum atomic E-state index is 12.3. The normalized spacial score (nSPS) is 17.1. The Bertz CT molecular complexity index is 558. The zero-order chi connectivity index (χ0) is 18.0. The summed E-state index contributed by atoms with van der Waals surface area (Å²) in [7, 11) is 0. The first kappa shape index (κ1) is 19.0. The van der Waals surface area contributed by atoms with Gasteiger partial charge in [0.2, 0.25) is 0 Å². The number of carbonyl (C=O) groups is 1. The van der Waals surface area contributed by atoms with Gasteiger partial charge in [-0.3, -0.25) is 4.79 Å². The molecular weight excluding hydrogens is 302 g/mol. The first-order chi connectivity index (χ1) is 11.1. The predicted molar refractivity (Wildman–Crippen MR) is 97.4 cm³/mol. The lowest BCUT2D eigenvalue weighted by atomic mass is 9.92. The van der Waals surface area contributed by atoms with Gasteiger partial charge in [-0.15, -0.1) is 0 Å². The Kier molecular flexibility index (Phi) is 5.74. The molecule has 1 amide bonds. The highest BCUT2D eigenvalue weighted by Crippen LogP contribution is 2.28. The van der Waals surface area contributed by atoms with Crippen LogP contribution >= 0.6 is 0 Å². The van der Waals surface area contributed by atoms with Crippen LogP contribution in [0.3, 0.4) is 0 Å². The van der Waals surface area contributed by atoms with Crippen molar-refractivity contribution >= 4 is 11.7 Å². The van der Waals surface area contributed by atoms with Crippen molar-refractivity contribution in [1.29, 1.82) is 0 Å². The van der Waals surface area contributed by atoms with Crippen LogP contribution in [0.15, 0.2) is 6.07 Å². The van der Waals surface area contributed by atoms with Crippen LogP contribution in [0.4, 0.5) is 5.82 Å². The Morgan fingerprint density at radius 2 is 1.83 bits per heavy atom. The van der Waals surface area contributed by atoms with E-state index in [1.807, 2.05) is 10.7 Å². The van der Waals surface area contributed by atoms with E-state index < -0.39 is 0 Å². The fourth-order valence-electron chi connectivity index (χ4n) is 2.95. The number of nitrogens with zero attached hydrogens (tertiary/aromatic N) is 2. The topological polar surface area (TPSA) is 56.1 Å². The van der Waals surface area contributed by atoms with Crippen molar-refractivity contribution < 1.29 is 9.53 Å². The first-order valence-electron chi connectivity index (χ1n) is 9.10. The Balaban J connectivity index is 2.04. The van der Waals surface area contributed by atoms with Gasteiger partial charge in [-0.2, -0.15) is 5.10 Å². The van der Waals surface area contributed by atoms with E-state index in [1.54, 1.807) is 0 Å². The summed E-state index contributed by atoms with van der Waals surface area (Å²) in [5.41, 5.74) is 0.714. The third-order valence-electron chi connectivity index (χ3n) is 4.38. The van der Waals surface area contributed by atoms with E-state index in [-0.39, 0.29) is 29.6 Å². The highest BCUT2D eigenvalue weighted by Gasteiger charge is 2.26. The molecule has 1 saturated carbocycles. The van der Waals surface area contributed by atoms with Crippen molar-refractivity contribution in [3.05, 3.63) is 11.8 Å². The van der Waals surface area contributed by atoms with Gasteiger partial charge in [0.1, 0.15) is 12.4 Å². The molecule has 5 heteroatoms. The Labute approximate surface area is 146 Å². The van der Waals surface area contributed by atoms with Crippen molar-refractivity contribution in [3.63, 3.8) is 0 Å². The highest BCUT2D eigenvalue weighted by atomic mass is 16.5. The molecule has 0 aliphatic heterocycles. The number of nitrogens with one attached hydrogen (secondary N) is 1. The molecule has 0 aromatic carbocycles. The molecule has 1 heterocycles. The van der Waals surface area contributed by atoms with E-state index in [0.29, 0.717) is 0 Å². The molecule has 0 bridgehead atoms. The fourth-order valence-corrected chi connectivity index (χ4v) is 2.95. The summed E-state index contributed by atoms with van der Waals surface area (Å²) in [6.45, 7) is 12.7. The number of amides is 1. The SMILES string of the molecule is CC(C)(C)c1cc(NC(=O)COC2CCCCC2)n(C(C)(C)C)n1. The molecule has 1 aromatic heterocycles. The molecule has 0 atom stereocenters. The molecular formula is C19H33N3O2. The Morgan fingerprint density at radius 1 is 1.21 bits per heavy atom.